The molecule has 1 rings (SSSR count). The molecule has 1 N–H and O–H groups in total. The highest BCUT2D eigenvalue weighted by atomic mass is 19.1. The zero-order chi connectivity index (χ0) is 12.1. The van der Waals surface area contributed by atoms with Crippen LogP contribution in [0, 0.1) is 5.82 Å². The molecule has 0 aromatic heterocycles. The lowest BCUT2D eigenvalue weighted by Crippen LogP contribution is -2.36. The number of hydrogen-bond acceptors (Lipinski definition) is 3. The van der Waals surface area contributed by atoms with E-state index >= 15 is 0 Å². The highest BCUT2D eigenvalue weighted by Crippen LogP contribution is 2.19. The maximum Gasteiger partial charge on any atom is 0.414 e. The number of nitrogens with zero attached hydrogens (tertiary/aromatic N) is 1. The third kappa shape index (κ3) is 2.69. The number of carboxylic acid groups (broad SMARTS) is 1. The molecule has 0 aliphatic heterocycles. The van der Waals surface area contributed by atoms with Gasteiger partial charge in [0, 0.05) is 0 Å². The molecule has 16 heavy (non-hydrogen) atoms. The Morgan fingerprint density at radius 1 is 1.44 bits per heavy atom. The molecule has 0 spiro atoms. The molecule has 1 amide bonds. The van der Waals surface area contributed by atoms with Gasteiger partial charge in [0.05, 0.1) is 12.8 Å². The topological polar surface area (TPSA) is 66.8 Å². The number of carbonyl (C=O) groups is 2. The summed E-state index contributed by atoms with van der Waals surface area (Å²) in [6, 6.07) is 5.37. The lowest BCUT2D eigenvalue weighted by Gasteiger charge is -2.19. The number of ether oxygens (including phenoxy) is 1. The molecule has 1 aromatic rings. The number of para-hydroxylation sites is 1. The van der Waals surface area contributed by atoms with Crippen molar-refractivity contribution < 1.29 is 23.8 Å². The van der Waals surface area contributed by atoms with Gasteiger partial charge in [-0.3, -0.25) is 9.69 Å². The molecule has 0 aliphatic rings. The van der Waals surface area contributed by atoms with Crippen molar-refractivity contribution in [1.82, 2.24) is 0 Å². The van der Waals surface area contributed by atoms with Crippen molar-refractivity contribution in [3.05, 3.63) is 30.1 Å². The molecule has 0 radical (unpaired) electrons. The van der Waals surface area contributed by atoms with E-state index in [4.69, 9.17) is 5.11 Å². The van der Waals surface area contributed by atoms with E-state index in [1.807, 2.05) is 0 Å². The number of anilines is 1. The van der Waals surface area contributed by atoms with Crippen molar-refractivity contribution in [3.63, 3.8) is 0 Å². The lowest BCUT2D eigenvalue weighted by atomic mass is 10.3. The zero-order valence-corrected chi connectivity index (χ0v) is 8.51. The standard InChI is InChI=1S/C10H10FNO4/c1-16-10(15)12(6-9(13)14)8-5-3-2-4-7(8)11/h2-5H,6H2,1H3,(H,13,14). The second-order valence-corrected chi connectivity index (χ2v) is 2.90. The van der Waals surface area contributed by atoms with Crippen LogP contribution < -0.4 is 4.90 Å². The van der Waals surface area contributed by atoms with Gasteiger partial charge in [0.15, 0.2) is 0 Å². The van der Waals surface area contributed by atoms with E-state index in [1.54, 1.807) is 0 Å². The van der Waals surface area contributed by atoms with Crippen LogP contribution in [0.4, 0.5) is 14.9 Å². The fourth-order valence-electron chi connectivity index (χ4n) is 1.16. The third-order valence-corrected chi connectivity index (χ3v) is 1.83. The number of aliphatic carboxylic acids is 1. The zero-order valence-electron chi connectivity index (χ0n) is 8.51. The predicted molar refractivity (Wildman–Crippen MR) is 53.8 cm³/mol. The van der Waals surface area contributed by atoms with Crippen LogP contribution in [0.2, 0.25) is 0 Å². The second-order valence-electron chi connectivity index (χ2n) is 2.90. The molecule has 86 valence electrons. The van der Waals surface area contributed by atoms with Gasteiger partial charge >= 0.3 is 12.1 Å². The molecule has 0 fully saturated rings. The van der Waals surface area contributed by atoms with E-state index in [-0.39, 0.29) is 5.69 Å². The van der Waals surface area contributed by atoms with Crippen LogP contribution in [0.3, 0.4) is 0 Å². The van der Waals surface area contributed by atoms with E-state index in [1.165, 1.54) is 18.2 Å². The number of methoxy groups -OCH3 is 1. The Hall–Kier alpha value is -2.11. The molecule has 5 nitrogen and oxygen atoms in total. The maximum absolute atomic E-state index is 13.3. The molecule has 1 aromatic carbocycles. The summed E-state index contributed by atoms with van der Waals surface area (Å²) in [5, 5.41) is 8.61. The number of hydrogen-bond donors (Lipinski definition) is 1. The number of carbonyl (C=O) groups excluding carboxylic acids is 1. The van der Waals surface area contributed by atoms with Gasteiger partial charge in [-0.25, -0.2) is 9.18 Å². The van der Waals surface area contributed by atoms with Gasteiger partial charge in [-0.05, 0) is 12.1 Å². The monoisotopic (exact) mass is 227 g/mol. The van der Waals surface area contributed by atoms with Crippen LogP contribution in [-0.2, 0) is 9.53 Å². The normalized spacial score (nSPS) is 9.62. The van der Waals surface area contributed by atoms with Crippen molar-refractivity contribution in [2.24, 2.45) is 0 Å². The first kappa shape index (κ1) is 12.0. The summed E-state index contributed by atoms with van der Waals surface area (Å²) in [6.07, 6.45) is -0.924. The van der Waals surface area contributed by atoms with Crippen LogP contribution in [0.25, 0.3) is 0 Å². The van der Waals surface area contributed by atoms with E-state index in [2.05, 4.69) is 4.74 Å². The molecule has 0 heterocycles. The van der Waals surface area contributed by atoms with Crippen LogP contribution in [-0.4, -0.2) is 30.8 Å². The molecule has 0 saturated carbocycles. The van der Waals surface area contributed by atoms with Gasteiger partial charge in [0.25, 0.3) is 0 Å². The van der Waals surface area contributed by atoms with Gasteiger partial charge < -0.3 is 9.84 Å². The molecule has 0 atom stereocenters. The Balaban J connectivity index is 3.06. The van der Waals surface area contributed by atoms with Crippen molar-refractivity contribution >= 4 is 17.7 Å². The molecular formula is C10H10FNO4. The summed E-state index contributed by atoms with van der Waals surface area (Å²) in [7, 11) is 1.10. The minimum Gasteiger partial charge on any atom is -0.480 e. The van der Waals surface area contributed by atoms with E-state index in [0.717, 1.165) is 13.2 Å². The van der Waals surface area contributed by atoms with Crippen LogP contribution >= 0.6 is 0 Å². The first-order valence-electron chi connectivity index (χ1n) is 4.38. The Labute approximate surface area is 91.0 Å². The van der Waals surface area contributed by atoms with Crippen molar-refractivity contribution in [2.45, 2.75) is 0 Å². The first-order chi connectivity index (χ1) is 7.56. The predicted octanol–water partition coefficient (Wildman–Crippen LogP) is 1.48. The Kier molecular flexibility index (Phi) is 3.82. The number of benzene rings is 1. The lowest BCUT2D eigenvalue weighted by molar-refractivity contribution is -0.135. The SMILES string of the molecule is COC(=O)N(CC(=O)O)c1ccccc1F. The van der Waals surface area contributed by atoms with E-state index in [9.17, 15) is 14.0 Å². The summed E-state index contributed by atoms with van der Waals surface area (Å²) in [4.78, 5) is 22.5. The van der Waals surface area contributed by atoms with Gasteiger partial charge in [0.2, 0.25) is 0 Å². The molecule has 0 aliphatic carbocycles. The van der Waals surface area contributed by atoms with E-state index in [0.29, 0.717) is 4.90 Å². The van der Waals surface area contributed by atoms with Gasteiger partial charge in [-0.1, -0.05) is 12.1 Å². The van der Waals surface area contributed by atoms with Crippen LogP contribution in [0.5, 0.6) is 0 Å². The summed E-state index contributed by atoms with van der Waals surface area (Å²) in [5.74, 6) is -1.94. The minimum atomic E-state index is -1.26. The first-order valence-corrected chi connectivity index (χ1v) is 4.38. The van der Waals surface area contributed by atoms with Gasteiger partial charge in [0.1, 0.15) is 12.4 Å². The second kappa shape index (κ2) is 5.11. The molecule has 0 unspecified atom stereocenters. The smallest absolute Gasteiger partial charge is 0.414 e. The van der Waals surface area contributed by atoms with Crippen LogP contribution in [0.1, 0.15) is 0 Å². The van der Waals surface area contributed by atoms with E-state index < -0.39 is 24.4 Å². The average Bonchev–Trinajstić information content (AvgIpc) is 2.26. The third-order valence-electron chi connectivity index (χ3n) is 1.83. The quantitative estimate of drug-likeness (QED) is 0.849. The van der Waals surface area contributed by atoms with Crippen LogP contribution in [0.15, 0.2) is 24.3 Å². The number of halogens is 1. The summed E-state index contributed by atoms with van der Waals surface area (Å²) < 4.78 is 17.7. The highest BCUT2D eigenvalue weighted by molar-refractivity contribution is 5.92. The largest absolute Gasteiger partial charge is 0.480 e. The van der Waals surface area contributed by atoms with Crippen molar-refractivity contribution in [3.8, 4) is 0 Å². The highest BCUT2D eigenvalue weighted by Gasteiger charge is 2.21. The summed E-state index contributed by atoms with van der Waals surface area (Å²) >= 11 is 0. The molecule has 6 heteroatoms. The van der Waals surface area contributed by atoms with Crippen molar-refractivity contribution in [1.29, 1.82) is 0 Å². The number of amides is 1. The van der Waals surface area contributed by atoms with Gasteiger partial charge in [-0.15, -0.1) is 0 Å². The number of carboxylic acids is 1. The maximum atomic E-state index is 13.3. The van der Waals surface area contributed by atoms with Gasteiger partial charge in [-0.2, -0.15) is 0 Å². The van der Waals surface area contributed by atoms with Crippen molar-refractivity contribution in [2.75, 3.05) is 18.6 Å². The summed E-state index contributed by atoms with van der Waals surface area (Å²) in [5.41, 5.74) is -0.128. The fourth-order valence-corrected chi connectivity index (χ4v) is 1.16. The molecule has 0 bridgehead atoms. The Morgan fingerprint density at radius 2 is 2.06 bits per heavy atom. The molecular weight excluding hydrogens is 217 g/mol. The average molecular weight is 227 g/mol. The minimum absolute atomic E-state index is 0.128. The summed E-state index contributed by atoms with van der Waals surface area (Å²) in [6.45, 7) is -0.659. The Bertz CT molecular complexity index is 408. The number of rotatable bonds is 3. The molecule has 0 saturated heterocycles. The Morgan fingerprint density at radius 3 is 2.56 bits per heavy atom. The fraction of sp³-hybridized carbons (Fsp3) is 0.200.